The quantitative estimate of drug-likeness (QED) is 0.550. The van der Waals surface area contributed by atoms with Crippen molar-refractivity contribution in [2.24, 2.45) is 10.9 Å². The van der Waals surface area contributed by atoms with Gasteiger partial charge in [-0.15, -0.1) is 0 Å². The fourth-order valence-electron chi connectivity index (χ4n) is 3.85. The number of piperidine rings is 1. The lowest BCUT2D eigenvalue weighted by Crippen LogP contribution is -2.52. The van der Waals surface area contributed by atoms with Crippen LogP contribution in [0.15, 0.2) is 23.3 Å². The van der Waals surface area contributed by atoms with Crippen LogP contribution in [0.25, 0.3) is 0 Å². The first kappa shape index (κ1) is 23.2. The van der Waals surface area contributed by atoms with Gasteiger partial charge in [-0.3, -0.25) is 4.99 Å². The summed E-state index contributed by atoms with van der Waals surface area (Å²) in [6.45, 7) is 8.96. The standard InChI is InChI=1S/C23H37N5O3/c1-23(2,3)31-22(29)28(16-17-6-7-17)19-9-12-27(13-10-19)21(24-4)26-15-18-8-11-25-20(14-18)30-5/h8,11,14,17,19H,6-7,9-10,12-13,15-16H2,1-5H3,(H,24,26). The largest absolute Gasteiger partial charge is 0.481 e. The van der Waals surface area contributed by atoms with E-state index in [2.05, 4.69) is 20.2 Å². The van der Waals surface area contributed by atoms with Gasteiger partial charge in [-0.1, -0.05) is 0 Å². The number of rotatable bonds is 6. The number of carbonyl (C=O) groups excluding carboxylic acids is 1. The van der Waals surface area contributed by atoms with Gasteiger partial charge in [0.05, 0.1) is 7.11 Å². The van der Waals surface area contributed by atoms with E-state index in [9.17, 15) is 4.79 Å². The molecule has 31 heavy (non-hydrogen) atoms. The van der Waals surface area contributed by atoms with E-state index in [4.69, 9.17) is 9.47 Å². The van der Waals surface area contributed by atoms with Gasteiger partial charge in [0.15, 0.2) is 5.96 Å². The lowest BCUT2D eigenvalue weighted by molar-refractivity contribution is 0.00928. The monoisotopic (exact) mass is 431 g/mol. The van der Waals surface area contributed by atoms with Gasteiger partial charge in [0.25, 0.3) is 0 Å². The fourth-order valence-corrected chi connectivity index (χ4v) is 3.85. The van der Waals surface area contributed by atoms with Gasteiger partial charge in [-0.2, -0.15) is 0 Å². The van der Waals surface area contributed by atoms with Crippen molar-refractivity contribution in [3.8, 4) is 5.88 Å². The number of methoxy groups -OCH3 is 1. The second-order valence-electron chi connectivity index (χ2n) is 9.40. The van der Waals surface area contributed by atoms with E-state index in [0.29, 0.717) is 18.3 Å². The summed E-state index contributed by atoms with van der Waals surface area (Å²) < 4.78 is 10.9. The second-order valence-corrected chi connectivity index (χ2v) is 9.40. The minimum atomic E-state index is -0.471. The molecule has 1 aromatic rings. The molecule has 0 spiro atoms. The van der Waals surface area contributed by atoms with Gasteiger partial charge >= 0.3 is 6.09 Å². The molecular weight excluding hydrogens is 394 g/mol. The summed E-state index contributed by atoms with van der Waals surface area (Å²) in [5.74, 6) is 2.12. The first-order chi connectivity index (χ1) is 14.8. The highest BCUT2D eigenvalue weighted by Crippen LogP contribution is 2.32. The number of hydrogen-bond donors (Lipinski definition) is 1. The van der Waals surface area contributed by atoms with Crippen molar-refractivity contribution >= 4 is 12.1 Å². The van der Waals surface area contributed by atoms with Crippen LogP contribution in [-0.4, -0.2) is 72.3 Å². The molecule has 2 aliphatic rings. The summed E-state index contributed by atoms with van der Waals surface area (Å²) in [5, 5.41) is 3.43. The Morgan fingerprint density at radius 1 is 1.29 bits per heavy atom. The zero-order chi connectivity index (χ0) is 22.4. The molecule has 1 saturated carbocycles. The summed E-state index contributed by atoms with van der Waals surface area (Å²) in [6, 6.07) is 4.10. The third-order valence-corrected chi connectivity index (χ3v) is 5.66. The number of pyridine rings is 1. The van der Waals surface area contributed by atoms with Gasteiger partial charge in [0.2, 0.25) is 5.88 Å². The average Bonchev–Trinajstić information content (AvgIpc) is 3.56. The molecule has 0 radical (unpaired) electrons. The minimum absolute atomic E-state index is 0.174. The number of aliphatic imine (C=N–C) groups is 1. The van der Waals surface area contributed by atoms with Gasteiger partial charge in [0.1, 0.15) is 5.60 Å². The molecule has 3 rings (SSSR count). The first-order valence-corrected chi connectivity index (χ1v) is 11.2. The number of nitrogens with one attached hydrogen (secondary N) is 1. The molecule has 1 amide bonds. The highest BCUT2D eigenvalue weighted by atomic mass is 16.6. The second kappa shape index (κ2) is 10.2. The van der Waals surface area contributed by atoms with Gasteiger partial charge in [-0.05, 0) is 64.0 Å². The summed E-state index contributed by atoms with van der Waals surface area (Å²) in [7, 11) is 3.42. The number of ether oxygens (including phenoxy) is 2. The molecule has 0 unspecified atom stereocenters. The van der Waals surface area contributed by atoms with Crippen LogP contribution >= 0.6 is 0 Å². The van der Waals surface area contributed by atoms with Crippen LogP contribution in [0, 0.1) is 5.92 Å². The maximum absolute atomic E-state index is 12.8. The van der Waals surface area contributed by atoms with Crippen LogP contribution in [0.3, 0.4) is 0 Å². The summed E-state index contributed by atoms with van der Waals surface area (Å²) in [6.07, 6.45) is 5.83. The predicted octanol–water partition coefficient (Wildman–Crippen LogP) is 3.28. The maximum Gasteiger partial charge on any atom is 0.410 e. The normalized spacial score (nSPS) is 18.0. The molecule has 0 aromatic carbocycles. The Morgan fingerprint density at radius 2 is 2.00 bits per heavy atom. The molecule has 1 aliphatic carbocycles. The number of hydrogen-bond acceptors (Lipinski definition) is 5. The van der Waals surface area contributed by atoms with E-state index in [1.54, 1.807) is 13.3 Å². The van der Waals surface area contributed by atoms with Crippen LogP contribution in [0.2, 0.25) is 0 Å². The van der Waals surface area contributed by atoms with E-state index in [1.165, 1.54) is 12.8 Å². The first-order valence-electron chi connectivity index (χ1n) is 11.2. The third kappa shape index (κ3) is 7.01. The van der Waals surface area contributed by atoms with E-state index >= 15 is 0 Å². The summed E-state index contributed by atoms with van der Waals surface area (Å²) >= 11 is 0. The third-order valence-electron chi connectivity index (χ3n) is 5.66. The molecule has 0 atom stereocenters. The van der Waals surface area contributed by atoms with Crippen molar-refractivity contribution in [1.29, 1.82) is 0 Å². The molecule has 2 heterocycles. The summed E-state index contributed by atoms with van der Waals surface area (Å²) in [4.78, 5) is 25.7. The average molecular weight is 432 g/mol. The number of guanidine groups is 1. The SMILES string of the molecule is CN=C(NCc1ccnc(OC)c1)N1CCC(N(CC2CC2)C(=O)OC(C)(C)C)CC1. The Hall–Kier alpha value is -2.51. The number of amides is 1. The molecular formula is C23H37N5O3. The van der Waals surface area contributed by atoms with Crippen molar-refractivity contribution in [1.82, 2.24) is 20.1 Å². The van der Waals surface area contributed by atoms with E-state index in [0.717, 1.165) is 44.0 Å². The molecule has 8 heteroatoms. The highest BCUT2D eigenvalue weighted by molar-refractivity contribution is 5.80. The molecule has 1 aromatic heterocycles. The van der Waals surface area contributed by atoms with Crippen LogP contribution in [0.5, 0.6) is 5.88 Å². The predicted molar refractivity (Wildman–Crippen MR) is 121 cm³/mol. The number of carbonyl (C=O) groups is 1. The smallest absolute Gasteiger partial charge is 0.410 e. The van der Waals surface area contributed by atoms with Gasteiger partial charge in [0, 0.05) is 51.5 Å². The molecule has 1 saturated heterocycles. The molecule has 0 bridgehead atoms. The topological polar surface area (TPSA) is 79.3 Å². The zero-order valence-electron chi connectivity index (χ0n) is 19.6. The minimum Gasteiger partial charge on any atom is -0.481 e. The Balaban J connectivity index is 1.54. The number of likely N-dealkylation sites (tertiary alicyclic amines) is 1. The Kier molecular flexibility index (Phi) is 7.62. The van der Waals surface area contributed by atoms with Crippen LogP contribution in [-0.2, 0) is 11.3 Å². The maximum atomic E-state index is 12.8. The highest BCUT2D eigenvalue weighted by Gasteiger charge is 2.35. The van der Waals surface area contributed by atoms with Crippen LogP contribution in [0.4, 0.5) is 4.79 Å². The Bertz CT molecular complexity index is 765. The molecule has 1 N–H and O–H groups in total. The molecule has 1 aliphatic heterocycles. The Morgan fingerprint density at radius 3 is 2.58 bits per heavy atom. The van der Waals surface area contributed by atoms with E-state index in [1.807, 2.05) is 44.9 Å². The zero-order valence-corrected chi connectivity index (χ0v) is 19.6. The van der Waals surface area contributed by atoms with E-state index in [-0.39, 0.29) is 12.1 Å². The van der Waals surface area contributed by atoms with Crippen LogP contribution in [0.1, 0.15) is 52.0 Å². The summed E-state index contributed by atoms with van der Waals surface area (Å²) in [5.41, 5.74) is 0.615. The molecule has 2 fully saturated rings. The number of aromatic nitrogens is 1. The van der Waals surface area contributed by atoms with Gasteiger partial charge < -0.3 is 24.6 Å². The van der Waals surface area contributed by atoms with Gasteiger partial charge in [-0.25, -0.2) is 9.78 Å². The van der Waals surface area contributed by atoms with Crippen molar-refractivity contribution in [2.45, 2.75) is 64.6 Å². The number of nitrogens with zero attached hydrogens (tertiary/aromatic N) is 4. The van der Waals surface area contributed by atoms with Crippen molar-refractivity contribution in [3.05, 3.63) is 23.9 Å². The lowest BCUT2D eigenvalue weighted by atomic mass is 10.0. The van der Waals surface area contributed by atoms with Crippen molar-refractivity contribution < 1.29 is 14.3 Å². The van der Waals surface area contributed by atoms with Crippen molar-refractivity contribution in [2.75, 3.05) is 33.8 Å². The lowest BCUT2D eigenvalue weighted by Gasteiger charge is -2.40. The molecule has 172 valence electrons. The van der Waals surface area contributed by atoms with E-state index < -0.39 is 5.60 Å². The Labute approximate surface area is 186 Å². The fraction of sp³-hybridized carbons (Fsp3) is 0.696. The van der Waals surface area contributed by atoms with Crippen LogP contribution < -0.4 is 10.1 Å². The van der Waals surface area contributed by atoms with Crippen molar-refractivity contribution in [3.63, 3.8) is 0 Å². The molecule has 8 nitrogen and oxygen atoms in total.